The smallest absolute Gasteiger partial charge is 0.319 e. The zero-order valence-electron chi connectivity index (χ0n) is 15.4. The molecule has 2 aromatic carbocycles. The monoisotopic (exact) mass is 427 g/mol. The molecule has 2 rings (SSSR count). The summed E-state index contributed by atoms with van der Waals surface area (Å²) < 4.78 is 32.7. The second kappa shape index (κ2) is 10.4. The lowest BCUT2D eigenvalue weighted by Crippen LogP contribution is -2.20. The van der Waals surface area contributed by atoms with E-state index in [1.54, 1.807) is 0 Å². The Hall–Kier alpha value is -2.12. The summed E-state index contributed by atoms with van der Waals surface area (Å²) in [6.07, 6.45) is 1.20. The lowest BCUT2D eigenvalue weighted by molar-refractivity contribution is -0.143. The first-order valence-corrected chi connectivity index (χ1v) is 10.0. The number of amides is 1. The summed E-state index contributed by atoms with van der Waals surface area (Å²) in [6, 6.07) is 7.48. The molecular weight excluding hydrogens is 408 g/mol. The molecule has 0 aliphatic rings. The molecule has 1 amide bonds. The van der Waals surface area contributed by atoms with E-state index in [1.165, 1.54) is 24.3 Å². The van der Waals surface area contributed by atoms with Crippen LogP contribution in [0.3, 0.4) is 0 Å². The average molecular weight is 428 g/mol. The van der Waals surface area contributed by atoms with Crippen molar-refractivity contribution in [3.8, 4) is 0 Å². The number of halogens is 3. The molecule has 0 fully saturated rings. The molecular formula is C20H20ClF2NO3S. The Labute approximate surface area is 171 Å². The first-order valence-electron chi connectivity index (χ1n) is 8.75. The number of carbonyl (C=O) groups excluding carboxylic acids is 2. The third-order valence-electron chi connectivity index (χ3n) is 3.71. The SMILES string of the molecule is CCCOC(=O)C(CC)Sc1cc(NC(=O)c2cccc(F)c2)c(F)cc1Cl. The van der Waals surface area contributed by atoms with Crippen molar-refractivity contribution in [2.45, 2.75) is 36.8 Å². The van der Waals surface area contributed by atoms with E-state index >= 15 is 0 Å². The minimum atomic E-state index is -0.735. The molecule has 0 radical (unpaired) electrons. The first kappa shape index (κ1) is 22.2. The van der Waals surface area contributed by atoms with E-state index in [0.29, 0.717) is 24.3 Å². The molecule has 8 heteroatoms. The van der Waals surface area contributed by atoms with E-state index in [-0.39, 0.29) is 22.2 Å². The highest BCUT2D eigenvalue weighted by Crippen LogP contribution is 2.36. The number of ether oxygens (including phenoxy) is 1. The molecule has 0 saturated carbocycles. The van der Waals surface area contributed by atoms with E-state index in [4.69, 9.17) is 16.3 Å². The zero-order chi connectivity index (χ0) is 20.7. The van der Waals surface area contributed by atoms with Gasteiger partial charge in [-0.2, -0.15) is 0 Å². The standard InChI is InChI=1S/C20H20ClF2NO3S/c1-3-8-27-20(26)17(4-2)28-18-11-16(15(23)10-14(18)21)24-19(25)12-6-5-7-13(22)9-12/h5-7,9-11,17H,3-4,8H2,1-2H3,(H,24,25). The number of rotatable bonds is 8. The number of thioether (sulfide) groups is 1. The van der Waals surface area contributed by atoms with Crippen molar-refractivity contribution in [2.75, 3.05) is 11.9 Å². The molecule has 0 spiro atoms. The van der Waals surface area contributed by atoms with Gasteiger partial charge in [0.25, 0.3) is 5.91 Å². The quantitative estimate of drug-likeness (QED) is 0.434. The van der Waals surface area contributed by atoms with E-state index in [0.717, 1.165) is 23.9 Å². The van der Waals surface area contributed by atoms with Gasteiger partial charge in [-0.25, -0.2) is 8.78 Å². The Morgan fingerprint density at radius 2 is 1.96 bits per heavy atom. The minimum absolute atomic E-state index is 0.0538. The average Bonchev–Trinajstić information content (AvgIpc) is 2.67. The van der Waals surface area contributed by atoms with E-state index in [9.17, 15) is 18.4 Å². The van der Waals surface area contributed by atoms with Crippen molar-refractivity contribution in [2.24, 2.45) is 0 Å². The maximum Gasteiger partial charge on any atom is 0.319 e. The van der Waals surface area contributed by atoms with Crippen molar-refractivity contribution in [3.63, 3.8) is 0 Å². The maximum absolute atomic E-state index is 14.3. The lowest BCUT2D eigenvalue weighted by Gasteiger charge is -2.16. The molecule has 4 nitrogen and oxygen atoms in total. The highest BCUT2D eigenvalue weighted by Gasteiger charge is 2.22. The predicted molar refractivity (Wildman–Crippen MR) is 107 cm³/mol. The summed E-state index contributed by atoms with van der Waals surface area (Å²) >= 11 is 7.25. The second-order valence-corrected chi connectivity index (χ2v) is 7.56. The fourth-order valence-electron chi connectivity index (χ4n) is 2.29. The molecule has 0 saturated heterocycles. The van der Waals surface area contributed by atoms with Gasteiger partial charge in [-0.1, -0.05) is 31.5 Å². The number of benzene rings is 2. The number of hydrogen-bond donors (Lipinski definition) is 1. The zero-order valence-corrected chi connectivity index (χ0v) is 17.0. The molecule has 0 aliphatic carbocycles. The van der Waals surface area contributed by atoms with Crippen LogP contribution in [0, 0.1) is 11.6 Å². The molecule has 0 aromatic heterocycles. The van der Waals surface area contributed by atoms with Crippen LogP contribution in [-0.4, -0.2) is 23.7 Å². The van der Waals surface area contributed by atoms with Gasteiger partial charge >= 0.3 is 5.97 Å². The minimum Gasteiger partial charge on any atom is -0.465 e. The van der Waals surface area contributed by atoms with Gasteiger partial charge in [-0.15, -0.1) is 11.8 Å². The number of carbonyl (C=O) groups is 2. The number of nitrogens with one attached hydrogen (secondary N) is 1. The Kier molecular flexibility index (Phi) is 8.26. The largest absolute Gasteiger partial charge is 0.465 e. The fraction of sp³-hybridized carbons (Fsp3) is 0.300. The van der Waals surface area contributed by atoms with Crippen LogP contribution in [0.2, 0.25) is 5.02 Å². The second-order valence-electron chi connectivity index (χ2n) is 5.91. The van der Waals surface area contributed by atoms with E-state index in [1.807, 2.05) is 13.8 Å². The van der Waals surface area contributed by atoms with E-state index in [2.05, 4.69) is 5.32 Å². The van der Waals surface area contributed by atoms with Crippen LogP contribution in [0.25, 0.3) is 0 Å². The normalized spacial score (nSPS) is 11.8. The van der Waals surface area contributed by atoms with Gasteiger partial charge in [0.05, 0.1) is 17.3 Å². The number of anilines is 1. The molecule has 28 heavy (non-hydrogen) atoms. The summed E-state index contributed by atoms with van der Waals surface area (Å²) in [5.74, 6) is -2.34. The van der Waals surface area contributed by atoms with Gasteiger partial charge in [0.15, 0.2) is 0 Å². The van der Waals surface area contributed by atoms with Crippen molar-refractivity contribution >= 4 is 40.9 Å². The summed E-state index contributed by atoms with van der Waals surface area (Å²) in [5, 5.41) is 2.01. The lowest BCUT2D eigenvalue weighted by atomic mass is 10.2. The van der Waals surface area contributed by atoms with Crippen LogP contribution in [0.1, 0.15) is 37.0 Å². The molecule has 150 valence electrons. The highest BCUT2D eigenvalue weighted by molar-refractivity contribution is 8.00. The van der Waals surface area contributed by atoms with Crippen LogP contribution < -0.4 is 5.32 Å². The van der Waals surface area contributed by atoms with Gasteiger partial charge in [0, 0.05) is 10.5 Å². The Bertz CT molecular complexity index is 863. The highest BCUT2D eigenvalue weighted by atomic mass is 35.5. The van der Waals surface area contributed by atoms with Crippen molar-refractivity contribution < 1.29 is 23.1 Å². The molecule has 1 unspecified atom stereocenters. The molecule has 1 atom stereocenters. The topological polar surface area (TPSA) is 55.4 Å². The van der Waals surface area contributed by atoms with Crippen molar-refractivity contribution in [1.82, 2.24) is 0 Å². The molecule has 1 N–H and O–H groups in total. The molecule has 0 heterocycles. The summed E-state index contributed by atoms with van der Waals surface area (Å²) in [4.78, 5) is 24.8. The fourth-order valence-corrected chi connectivity index (χ4v) is 3.57. The Morgan fingerprint density at radius 3 is 2.61 bits per heavy atom. The third kappa shape index (κ3) is 5.94. The third-order valence-corrected chi connectivity index (χ3v) is 5.53. The molecule has 0 bridgehead atoms. The molecule has 0 aliphatic heterocycles. The Balaban J connectivity index is 2.21. The van der Waals surface area contributed by atoms with E-state index < -0.39 is 22.8 Å². The summed E-state index contributed by atoms with van der Waals surface area (Å²) in [7, 11) is 0. The van der Waals surface area contributed by atoms with Crippen LogP contribution in [0.5, 0.6) is 0 Å². The predicted octanol–water partition coefficient (Wildman–Crippen LogP) is 5.69. The molecule has 2 aromatic rings. The van der Waals surface area contributed by atoms with Crippen LogP contribution in [0.15, 0.2) is 41.3 Å². The van der Waals surface area contributed by atoms with Crippen LogP contribution >= 0.6 is 23.4 Å². The van der Waals surface area contributed by atoms with Crippen LogP contribution in [-0.2, 0) is 9.53 Å². The van der Waals surface area contributed by atoms with Gasteiger partial charge in [-0.3, -0.25) is 9.59 Å². The van der Waals surface area contributed by atoms with Gasteiger partial charge < -0.3 is 10.1 Å². The van der Waals surface area contributed by atoms with Crippen molar-refractivity contribution in [1.29, 1.82) is 0 Å². The Morgan fingerprint density at radius 1 is 1.21 bits per heavy atom. The number of esters is 1. The summed E-state index contributed by atoms with van der Waals surface area (Å²) in [6.45, 7) is 4.04. The van der Waals surface area contributed by atoms with Gasteiger partial charge in [0.2, 0.25) is 0 Å². The van der Waals surface area contributed by atoms with Gasteiger partial charge in [0.1, 0.15) is 16.9 Å². The summed E-state index contributed by atoms with van der Waals surface area (Å²) in [5.41, 5.74) is -0.0592. The van der Waals surface area contributed by atoms with Crippen molar-refractivity contribution in [3.05, 3.63) is 58.6 Å². The van der Waals surface area contributed by atoms with Crippen LogP contribution in [0.4, 0.5) is 14.5 Å². The number of hydrogen-bond acceptors (Lipinski definition) is 4. The first-order chi connectivity index (χ1) is 13.3. The van der Waals surface area contributed by atoms with Gasteiger partial charge in [-0.05, 0) is 43.2 Å². The maximum atomic E-state index is 14.3.